The molecule has 1 aliphatic heterocycles. The van der Waals surface area contributed by atoms with Crippen LogP contribution in [0.1, 0.15) is 42.6 Å². The molecule has 0 bridgehead atoms. The van der Waals surface area contributed by atoms with Gasteiger partial charge in [-0.15, -0.1) is 0 Å². The molecular weight excluding hydrogens is 240 g/mol. The maximum atomic E-state index is 11.9. The first-order chi connectivity index (χ1) is 9.13. The van der Waals surface area contributed by atoms with Crippen LogP contribution >= 0.6 is 0 Å². The van der Waals surface area contributed by atoms with Crippen molar-refractivity contribution < 1.29 is 9.59 Å². The molecule has 2 amide bonds. The lowest BCUT2D eigenvalue weighted by molar-refractivity contribution is -0.116. The topological polar surface area (TPSA) is 49.4 Å². The second-order valence-electron chi connectivity index (χ2n) is 4.87. The Balaban J connectivity index is 2.10. The summed E-state index contributed by atoms with van der Waals surface area (Å²) in [5.74, 6) is 0.0245. The summed E-state index contributed by atoms with van der Waals surface area (Å²) in [4.78, 5) is 25.1. The molecule has 0 unspecified atom stereocenters. The van der Waals surface area contributed by atoms with Gasteiger partial charge in [0.1, 0.15) is 0 Å². The third-order valence-corrected chi connectivity index (χ3v) is 3.43. The quantitative estimate of drug-likeness (QED) is 0.843. The number of carbonyl (C=O) groups excluding carboxylic acids is 2. The summed E-state index contributed by atoms with van der Waals surface area (Å²) >= 11 is 0. The Kier molecular flexibility index (Phi) is 4.20. The standard InChI is InChI=1S/C15H20N2O2/c1-3-4-8-16-15(19)13-5-6-14-12(10-13)7-9-17(14)11(2)18/h5-6,10H,3-4,7-9H2,1-2H3,(H,16,19). The molecule has 1 heterocycles. The summed E-state index contributed by atoms with van der Waals surface area (Å²) < 4.78 is 0. The molecule has 1 N–H and O–H groups in total. The van der Waals surface area contributed by atoms with Crippen molar-refractivity contribution >= 4 is 17.5 Å². The predicted octanol–water partition coefficient (Wildman–Crippen LogP) is 2.13. The molecule has 4 nitrogen and oxygen atoms in total. The number of nitrogens with one attached hydrogen (secondary N) is 1. The minimum absolute atomic E-state index is 0.0301. The Hall–Kier alpha value is -1.84. The van der Waals surface area contributed by atoms with Crippen molar-refractivity contribution in [2.75, 3.05) is 18.0 Å². The van der Waals surface area contributed by atoms with E-state index < -0.39 is 0 Å². The van der Waals surface area contributed by atoms with Gasteiger partial charge >= 0.3 is 0 Å². The number of anilines is 1. The van der Waals surface area contributed by atoms with E-state index in [9.17, 15) is 9.59 Å². The number of rotatable bonds is 4. The molecule has 102 valence electrons. The van der Waals surface area contributed by atoms with Crippen LogP contribution in [0.4, 0.5) is 5.69 Å². The van der Waals surface area contributed by atoms with E-state index in [0.29, 0.717) is 18.7 Å². The molecule has 4 heteroatoms. The number of unbranched alkanes of at least 4 members (excludes halogenated alkanes) is 1. The number of hydrogen-bond acceptors (Lipinski definition) is 2. The molecule has 1 aliphatic rings. The highest BCUT2D eigenvalue weighted by atomic mass is 16.2. The van der Waals surface area contributed by atoms with Crippen molar-refractivity contribution in [1.29, 1.82) is 0 Å². The summed E-state index contributed by atoms with van der Waals surface area (Å²) in [6, 6.07) is 5.57. The monoisotopic (exact) mass is 260 g/mol. The zero-order chi connectivity index (χ0) is 13.8. The van der Waals surface area contributed by atoms with Gasteiger partial charge in [-0.1, -0.05) is 13.3 Å². The number of benzene rings is 1. The molecular formula is C15H20N2O2. The smallest absolute Gasteiger partial charge is 0.251 e. The minimum atomic E-state index is -0.0301. The molecule has 1 aromatic rings. The largest absolute Gasteiger partial charge is 0.352 e. The van der Waals surface area contributed by atoms with Gasteiger partial charge < -0.3 is 10.2 Å². The molecule has 0 saturated heterocycles. The normalized spacial score (nSPS) is 13.3. The average Bonchev–Trinajstić information content (AvgIpc) is 2.81. The number of hydrogen-bond donors (Lipinski definition) is 1. The van der Waals surface area contributed by atoms with Crippen LogP contribution in [-0.2, 0) is 11.2 Å². The van der Waals surface area contributed by atoms with Gasteiger partial charge in [0.15, 0.2) is 0 Å². The van der Waals surface area contributed by atoms with Crippen LogP contribution in [0.5, 0.6) is 0 Å². The minimum Gasteiger partial charge on any atom is -0.352 e. The lowest BCUT2D eigenvalue weighted by atomic mass is 10.1. The van der Waals surface area contributed by atoms with E-state index in [0.717, 1.165) is 30.5 Å². The molecule has 2 rings (SSSR count). The number of amides is 2. The zero-order valence-corrected chi connectivity index (χ0v) is 11.5. The lowest BCUT2D eigenvalue weighted by Gasteiger charge is -2.14. The van der Waals surface area contributed by atoms with E-state index in [1.807, 2.05) is 12.1 Å². The second kappa shape index (κ2) is 5.87. The highest BCUT2D eigenvalue weighted by Gasteiger charge is 2.22. The van der Waals surface area contributed by atoms with Crippen LogP contribution in [0.15, 0.2) is 18.2 Å². The van der Waals surface area contributed by atoms with Crippen LogP contribution in [0, 0.1) is 0 Å². The van der Waals surface area contributed by atoms with Crippen molar-refractivity contribution in [2.45, 2.75) is 33.1 Å². The van der Waals surface area contributed by atoms with Crippen molar-refractivity contribution in [3.8, 4) is 0 Å². The Bertz CT molecular complexity index is 497. The van der Waals surface area contributed by atoms with Gasteiger partial charge in [-0.2, -0.15) is 0 Å². The number of carbonyl (C=O) groups is 2. The van der Waals surface area contributed by atoms with E-state index in [-0.39, 0.29) is 11.8 Å². The maximum Gasteiger partial charge on any atom is 0.251 e. The molecule has 0 aromatic heterocycles. The van der Waals surface area contributed by atoms with Crippen molar-refractivity contribution in [2.24, 2.45) is 0 Å². The summed E-state index contributed by atoms with van der Waals surface area (Å²) in [6.45, 7) is 5.09. The fourth-order valence-electron chi connectivity index (χ4n) is 2.35. The van der Waals surface area contributed by atoms with Crippen LogP contribution in [0.2, 0.25) is 0 Å². The number of fused-ring (bicyclic) bond motifs is 1. The number of nitrogens with zero attached hydrogens (tertiary/aromatic N) is 1. The van der Waals surface area contributed by atoms with Gasteiger partial charge in [-0.25, -0.2) is 0 Å². The van der Waals surface area contributed by atoms with E-state index in [1.165, 1.54) is 0 Å². The Labute approximate surface area is 113 Å². The maximum absolute atomic E-state index is 11.9. The van der Waals surface area contributed by atoms with Gasteiger partial charge in [0, 0.05) is 31.3 Å². The highest BCUT2D eigenvalue weighted by molar-refractivity contribution is 5.97. The SMILES string of the molecule is CCCCNC(=O)c1ccc2c(c1)CCN2C(C)=O. The lowest BCUT2D eigenvalue weighted by Crippen LogP contribution is -2.26. The fourth-order valence-corrected chi connectivity index (χ4v) is 2.35. The van der Waals surface area contributed by atoms with Gasteiger partial charge in [0.05, 0.1) is 0 Å². The van der Waals surface area contributed by atoms with Crippen molar-refractivity contribution in [1.82, 2.24) is 5.32 Å². The van der Waals surface area contributed by atoms with Gasteiger partial charge in [-0.05, 0) is 36.6 Å². The third kappa shape index (κ3) is 2.95. The molecule has 19 heavy (non-hydrogen) atoms. The summed E-state index contributed by atoms with van der Waals surface area (Å²) in [5, 5.41) is 2.91. The van der Waals surface area contributed by atoms with Crippen molar-refractivity contribution in [3.63, 3.8) is 0 Å². The first-order valence-corrected chi connectivity index (χ1v) is 6.82. The predicted molar refractivity (Wildman–Crippen MR) is 75.4 cm³/mol. The highest BCUT2D eigenvalue weighted by Crippen LogP contribution is 2.28. The van der Waals surface area contributed by atoms with Gasteiger partial charge in [0.2, 0.25) is 5.91 Å². The van der Waals surface area contributed by atoms with E-state index in [1.54, 1.807) is 17.9 Å². The van der Waals surface area contributed by atoms with Crippen LogP contribution in [-0.4, -0.2) is 24.9 Å². The molecule has 0 saturated carbocycles. The fraction of sp³-hybridized carbons (Fsp3) is 0.467. The summed E-state index contributed by atoms with van der Waals surface area (Å²) in [7, 11) is 0. The van der Waals surface area contributed by atoms with Gasteiger partial charge in [-0.3, -0.25) is 9.59 Å². The average molecular weight is 260 g/mol. The van der Waals surface area contributed by atoms with E-state index in [2.05, 4.69) is 12.2 Å². The summed E-state index contributed by atoms with van der Waals surface area (Å²) in [6.07, 6.45) is 2.89. The molecule has 0 radical (unpaired) electrons. The first kappa shape index (κ1) is 13.6. The summed E-state index contributed by atoms with van der Waals surface area (Å²) in [5.41, 5.74) is 2.70. The van der Waals surface area contributed by atoms with E-state index in [4.69, 9.17) is 0 Å². The molecule has 0 aliphatic carbocycles. The zero-order valence-electron chi connectivity index (χ0n) is 11.5. The Morgan fingerprint density at radius 3 is 2.84 bits per heavy atom. The third-order valence-electron chi connectivity index (χ3n) is 3.43. The Morgan fingerprint density at radius 2 is 2.16 bits per heavy atom. The van der Waals surface area contributed by atoms with Crippen LogP contribution in [0.25, 0.3) is 0 Å². The van der Waals surface area contributed by atoms with E-state index >= 15 is 0 Å². The molecule has 0 fully saturated rings. The van der Waals surface area contributed by atoms with Gasteiger partial charge in [0.25, 0.3) is 5.91 Å². The van der Waals surface area contributed by atoms with Crippen molar-refractivity contribution in [3.05, 3.63) is 29.3 Å². The Morgan fingerprint density at radius 1 is 1.37 bits per heavy atom. The van der Waals surface area contributed by atoms with Crippen LogP contribution < -0.4 is 10.2 Å². The first-order valence-electron chi connectivity index (χ1n) is 6.82. The molecule has 0 spiro atoms. The van der Waals surface area contributed by atoms with Crippen LogP contribution in [0.3, 0.4) is 0 Å². The molecule has 0 atom stereocenters. The molecule has 1 aromatic carbocycles. The second-order valence-corrected chi connectivity index (χ2v) is 4.87.